The van der Waals surface area contributed by atoms with Crippen LogP contribution in [0.4, 0.5) is 5.82 Å². The Balaban J connectivity index is 1.46. The Morgan fingerprint density at radius 1 is 0.973 bits per heavy atom. The Bertz CT molecular complexity index is 1370. The lowest BCUT2D eigenvalue weighted by molar-refractivity contribution is -0.132. The Morgan fingerprint density at radius 2 is 1.78 bits per heavy atom. The maximum atomic E-state index is 13.6. The first kappa shape index (κ1) is 24.5. The van der Waals surface area contributed by atoms with Crippen LogP contribution in [-0.4, -0.2) is 70.8 Å². The molecule has 1 fully saturated rings. The zero-order chi connectivity index (χ0) is 25.8. The molecule has 1 saturated heterocycles. The third kappa shape index (κ3) is 4.81. The highest BCUT2D eigenvalue weighted by molar-refractivity contribution is 5.84. The van der Waals surface area contributed by atoms with Gasteiger partial charge < -0.3 is 19.3 Å². The van der Waals surface area contributed by atoms with Gasteiger partial charge in [0.1, 0.15) is 12.1 Å². The number of fused-ring (bicyclic) bond motifs is 1. The molecule has 0 bridgehead atoms. The fourth-order valence-electron chi connectivity index (χ4n) is 5.09. The van der Waals surface area contributed by atoms with Gasteiger partial charge >= 0.3 is 0 Å². The highest BCUT2D eigenvalue weighted by Gasteiger charge is 2.28. The minimum atomic E-state index is -0.127. The van der Waals surface area contributed by atoms with E-state index in [2.05, 4.69) is 26.9 Å². The summed E-state index contributed by atoms with van der Waals surface area (Å²) in [5.74, 6) is 2.80. The Hall–Kier alpha value is -4.14. The van der Waals surface area contributed by atoms with E-state index in [1.165, 1.54) is 6.33 Å². The van der Waals surface area contributed by atoms with Gasteiger partial charge in [0.2, 0.25) is 5.91 Å². The van der Waals surface area contributed by atoms with Crippen molar-refractivity contribution >= 4 is 17.5 Å². The van der Waals surface area contributed by atoms with Gasteiger partial charge in [-0.1, -0.05) is 43.3 Å². The smallest absolute Gasteiger partial charge is 0.254 e. The minimum absolute atomic E-state index is 0.127. The van der Waals surface area contributed by atoms with Crippen LogP contribution in [0.2, 0.25) is 0 Å². The van der Waals surface area contributed by atoms with Crippen molar-refractivity contribution in [2.24, 2.45) is 0 Å². The van der Waals surface area contributed by atoms with E-state index in [9.17, 15) is 4.79 Å². The van der Waals surface area contributed by atoms with Crippen LogP contribution in [0.1, 0.15) is 31.2 Å². The van der Waals surface area contributed by atoms with Crippen molar-refractivity contribution in [1.29, 1.82) is 0 Å². The van der Waals surface area contributed by atoms with Gasteiger partial charge in [-0.25, -0.2) is 4.98 Å². The van der Waals surface area contributed by atoms with Gasteiger partial charge in [0.15, 0.2) is 11.5 Å². The maximum Gasteiger partial charge on any atom is 0.254 e. The van der Waals surface area contributed by atoms with E-state index in [4.69, 9.17) is 9.47 Å². The number of carbonyl (C=O) groups is 1. The predicted molar refractivity (Wildman–Crippen MR) is 142 cm³/mol. The number of nitrogens with zero attached hydrogens (tertiary/aromatic N) is 6. The summed E-state index contributed by atoms with van der Waals surface area (Å²) in [7, 11) is 3.25. The topological polar surface area (TPSA) is 85.1 Å². The molecule has 3 heterocycles. The van der Waals surface area contributed by atoms with E-state index in [0.717, 1.165) is 48.4 Å². The van der Waals surface area contributed by atoms with Crippen molar-refractivity contribution in [3.8, 4) is 22.6 Å². The monoisotopic (exact) mass is 500 g/mol. The molecule has 9 nitrogen and oxygen atoms in total. The number of benzene rings is 2. The number of aromatic nitrogens is 4. The highest BCUT2D eigenvalue weighted by Crippen LogP contribution is 2.37. The average Bonchev–Trinajstić information content (AvgIpc) is 3.29. The number of hydrogen-bond acceptors (Lipinski definition) is 7. The molecule has 0 aliphatic carbocycles. The van der Waals surface area contributed by atoms with Crippen molar-refractivity contribution in [2.75, 3.05) is 45.3 Å². The van der Waals surface area contributed by atoms with Crippen LogP contribution >= 0.6 is 0 Å². The van der Waals surface area contributed by atoms with E-state index in [1.54, 1.807) is 18.7 Å². The van der Waals surface area contributed by atoms with Crippen molar-refractivity contribution in [3.05, 3.63) is 66.6 Å². The lowest BCUT2D eigenvalue weighted by Gasteiger charge is -2.27. The van der Waals surface area contributed by atoms with E-state index >= 15 is 0 Å². The second kappa shape index (κ2) is 10.9. The molecule has 1 atom stereocenters. The predicted octanol–water partition coefficient (Wildman–Crippen LogP) is 4.04. The second-order valence-electron chi connectivity index (χ2n) is 9.07. The summed E-state index contributed by atoms with van der Waals surface area (Å²) < 4.78 is 12.8. The second-order valence-corrected chi connectivity index (χ2v) is 9.07. The molecular formula is C28H32N6O3. The van der Waals surface area contributed by atoms with Crippen LogP contribution in [0.15, 0.2) is 61.1 Å². The van der Waals surface area contributed by atoms with Crippen LogP contribution in [0, 0.1) is 0 Å². The molecule has 2 aromatic carbocycles. The summed E-state index contributed by atoms with van der Waals surface area (Å²) in [5, 5.41) is 4.49. The van der Waals surface area contributed by atoms with Crippen molar-refractivity contribution in [1.82, 2.24) is 24.5 Å². The van der Waals surface area contributed by atoms with Crippen molar-refractivity contribution < 1.29 is 14.3 Å². The lowest BCUT2D eigenvalue weighted by atomic mass is 9.95. The van der Waals surface area contributed by atoms with E-state index in [-0.39, 0.29) is 11.8 Å². The number of anilines is 1. The first-order chi connectivity index (χ1) is 18.1. The number of amides is 1. The van der Waals surface area contributed by atoms with Gasteiger partial charge in [0, 0.05) is 37.9 Å². The molecule has 2 aromatic heterocycles. The summed E-state index contributed by atoms with van der Waals surface area (Å²) in [5.41, 5.74) is 2.92. The summed E-state index contributed by atoms with van der Waals surface area (Å²) in [6.07, 6.45) is 4.97. The molecule has 0 unspecified atom stereocenters. The standard InChI is InChI=1S/C28H32N6O3/c1-4-22(20-9-6-5-7-10-20)27(35)33-14-8-13-32(15-16-33)26-23(18-29-28-30-19-31-34(26)28)21-11-12-24(36-2)25(17-21)37-3/h5-7,9-12,17-19,22H,4,8,13-16H2,1-3H3/t22-/m1/s1. The van der Waals surface area contributed by atoms with Crippen molar-refractivity contribution in [2.45, 2.75) is 25.7 Å². The molecule has 0 radical (unpaired) electrons. The summed E-state index contributed by atoms with van der Waals surface area (Å²) in [4.78, 5) is 26.7. The van der Waals surface area contributed by atoms with Crippen LogP contribution in [0.25, 0.3) is 16.9 Å². The number of hydrogen-bond donors (Lipinski definition) is 0. The Labute approximate surface area is 216 Å². The van der Waals surface area contributed by atoms with Crippen molar-refractivity contribution in [3.63, 3.8) is 0 Å². The van der Waals surface area contributed by atoms with Crippen LogP contribution in [-0.2, 0) is 4.79 Å². The number of carbonyl (C=O) groups excluding carboxylic acids is 1. The third-order valence-corrected chi connectivity index (χ3v) is 6.99. The molecule has 37 heavy (non-hydrogen) atoms. The molecule has 192 valence electrons. The largest absolute Gasteiger partial charge is 0.493 e. The molecule has 0 spiro atoms. The minimum Gasteiger partial charge on any atom is -0.493 e. The highest BCUT2D eigenvalue weighted by atomic mass is 16.5. The quantitative estimate of drug-likeness (QED) is 0.379. The SMILES string of the molecule is CC[C@@H](C(=O)N1CCCN(c2c(-c3ccc(OC)c(OC)c3)cnc3ncnn23)CC1)c1ccccc1. The number of rotatable bonds is 7. The molecule has 1 amide bonds. The van der Waals surface area contributed by atoms with Gasteiger partial charge in [0.05, 0.1) is 20.1 Å². The zero-order valence-corrected chi connectivity index (χ0v) is 21.5. The normalized spacial score (nSPS) is 14.9. The summed E-state index contributed by atoms with van der Waals surface area (Å²) in [6, 6.07) is 15.9. The van der Waals surface area contributed by atoms with Gasteiger partial charge in [-0.2, -0.15) is 14.6 Å². The van der Waals surface area contributed by atoms with Crippen LogP contribution < -0.4 is 14.4 Å². The Kier molecular flexibility index (Phi) is 7.20. The zero-order valence-electron chi connectivity index (χ0n) is 21.5. The van der Waals surface area contributed by atoms with Gasteiger partial charge in [0.25, 0.3) is 5.78 Å². The van der Waals surface area contributed by atoms with Crippen LogP contribution in [0.5, 0.6) is 11.5 Å². The average molecular weight is 501 g/mol. The first-order valence-electron chi connectivity index (χ1n) is 12.6. The van der Waals surface area contributed by atoms with Gasteiger partial charge in [-0.3, -0.25) is 4.79 Å². The fraction of sp³-hybridized carbons (Fsp3) is 0.357. The molecular weight excluding hydrogens is 468 g/mol. The van der Waals surface area contributed by atoms with Crippen LogP contribution in [0.3, 0.4) is 0 Å². The number of methoxy groups -OCH3 is 2. The Morgan fingerprint density at radius 3 is 2.54 bits per heavy atom. The number of ether oxygens (including phenoxy) is 2. The molecule has 5 rings (SSSR count). The lowest BCUT2D eigenvalue weighted by Crippen LogP contribution is -2.38. The van der Waals surface area contributed by atoms with Gasteiger partial charge in [-0.05, 0) is 36.1 Å². The first-order valence-corrected chi connectivity index (χ1v) is 12.6. The molecule has 4 aromatic rings. The third-order valence-electron chi connectivity index (χ3n) is 6.99. The molecule has 1 aliphatic rings. The van der Waals surface area contributed by atoms with E-state index in [1.807, 2.05) is 59.6 Å². The maximum absolute atomic E-state index is 13.6. The van der Waals surface area contributed by atoms with E-state index in [0.29, 0.717) is 30.4 Å². The molecule has 0 saturated carbocycles. The van der Waals surface area contributed by atoms with E-state index < -0.39 is 0 Å². The summed E-state index contributed by atoms with van der Waals surface area (Å²) >= 11 is 0. The molecule has 9 heteroatoms. The van der Waals surface area contributed by atoms with Gasteiger partial charge in [-0.15, -0.1) is 0 Å². The molecule has 1 aliphatic heterocycles. The fourth-order valence-corrected chi connectivity index (χ4v) is 5.09. The molecule has 0 N–H and O–H groups in total. The summed E-state index contributed by atoms with van der Waals surface area (Å²) in [6.45, 7) is 4.89.